The predicted octanol–water partition coefficient (Wildman–Crippen LogP) is 5.77. The van der Waals surface area contributed by atoms with Crippen molar-refractivity contribution in [2.45, 2.75) is 123 Å². The van der Waals surface area contributed by atoms with Gasteiger partial charge >= 0.3 is 18.0 Å². The second-order valence-corrected chi connectivity index (χ2v) is 18.1. The van der Waals surface area contributed by atoms with Crippen LogP contribution >= 0.6 is 23.2 Å². The Labute approximate surface area is 362 Å². The van der Waals surface area contributed by atoms with Gasteiger partial charge in [0.2, 0.25) is 17.7 Å². The highest BCUT2D eigenvalue weighted by molar-refractivity contribution is 6.31. The number of benzene rings is 2. The minimum absolute atomic E-state index is 0.0410. The first-order chi connectivity index (χ1) is 27.9. The second kappa shape index (κ2) is 22.3. The Morgan fingerprint density at radius 2 is 1.65 bits per heavy atom. The molecular weight excluding hydrogens is 815 g/mol. The molecule has 1 aliphatic heterocycles. The van der Waals surface area contributed by atoms with Crippen LogP contribution in [0.1, 0.15) is 95.9 Å². The fourth-order valence-corrected chi connectivity index (χ4v) is 6.56. The molecule has 60 heavy (non-hydrogen) atoms. The molecule has 3 rings (SSSR count). The lowest BCUT2D eigenvalue weighted by Gasteiger charge is -2.32. The second-order valence-electron chi connectivity index (χ2n) is 17.2. The summed E-state index contributed by atoms with van der Waals surface area (Å²) in [4.78, 5) is 78.3. The fourth-order valence-electron chi connectivity index (χ4n) is 5.98. The summed E-state index contributed by atoms with van der Waals surface area (Å²) in [6.07, 6.45) is -1.41. The van der Waals surface area contributed by atoms with Crippen molar-refractivity contribution in [3.8, 4) is 0 Å². The van der Waals surface area contributed by atoms with E-state index in [0.717, 1.165) is 11.1 Å². The molecule has 0 saturated carbocycles. The van der Waals surface area contributed by atoms with Crippen molar-refractivity contribution in [1.29, 1.82) is 0 Å². The highest BCUT2D eigenvalue weighted by Crippen LogP contribution is 2.32. The molecule has 0 fully saturated rings. The number of esters is 2. The minimum Gasteiger partial charge on any atom is -0.459 e. The van der Waals surface area contributed by atoms with Crippen molar-refractivity contribution < 1.29 is 48.1 Å². The largest absolute Gasteiger partial charge is 0.459 e. The van der Waals surface area contributed by atoms with Crippen molar-refractivity contribution >= 4 is 59.0 Å². The number of carbonyl (C=O) groups is 6. The van der Waals surface area contributed by atoms with Gasteiger partial charge in [0.15, 0.2) is 6.10 Å². The maximum atomic E-state index is 13.8. The number of nitrogens with one attached hydrogen (secondary N) is 4. The summed E-state index contributed by atoms with van der Waals surface area (Å²) in [5, 5.41) is 21.7. The van der Waals surface area contributed by atoms with Gasteiger partial charge in [-0.05, 0) is 88.3 Å². The molecule has 330 valence electrons. The predicted molar refractivity (Wildman–Crippen MR) is 228 cm³/mol. The third-order valence-corrected chi connectivity index (χ3v) is 10.6. The van der Waals surface area contributed by atoms with Crippen LogP contribution in [0.5, 0.6) is 0 Å². The molecule has 0 radical (unpaired) electrons. The topological polar surface area (TPSA) is 198 Å². The first-order valence-electron chi connectivity index (χ1n) is 20.0. The van der Waals surface area contributed by atoms with Gasteiger partial charge in [-0.1, -0.05) is 74.8 Å². The maximum absolute atomic E-state index is 13.8. The van der Waals surface area contributed by atoms with E-state index in [1.165, 1.54) is 12.2 Å². The van der Waals surface area contributed by atoms with E-state index in [-0.39, 0.29) is 44.8 Å². The van der Waals surface area contributed by atoms with E-state index >= 15 is 0 Å². The van der Waals surface area contributed by atoms with E-state index in [9.17, 15) is 33.9 Å². The standard InChI is InChI=1S/C44H60Cl2N4O10/c1-25(2)19-34-40(55)58-33(27(4)38(53)37(46)30-17-15-28(16-18-30)22-47-36(52)23-48-42(57)60-43(5,6)7)11-10-12-35(51)50-32(21-29-14-13-26(3)31(45)20-29)39(54)49-24-44(8,9)41(56)59-34/h10,12-18,20,25,27,32-34,37-38,53H,11,19,21-24H2,1-9H3,(H,47,52)(H,48,57)(H,49,54)(H,50,51)/b12-10+. The van der Waals surface area contributed by atoms with Crippen LogP contribution < -0.4 is 21.3 Å². The van der Waals surface area contributed by atoms with Gasteiger partial charge in [0.1, 0.15) is 24.3 Å². The molecule has 4 amide bonds. The van der Waals surface area contributed by atoms with E-state index in [1.54, 1.807) is 71.9 Å². The number of aryl methyl sites for hydroxylation is 1. The van der Waals surface area contributed by atoms with Crippen molar-refractivity contribution in [3.05, 3.63) is 81.9 Å². The van der Waals surface area contributed by atoms with E-state index in [2.05, 4.69) is 21.3 Å². The van der Waals surface area contributed by atoms with E-state index in [1.807, 2.05) is 32.9 Å². The molecule has 0 bridgehead atoms. The fraction of sp³-hybridized carbons (Fsp3) is 0.545. The number of hydrogen-bond acceptors (Lipinski definition) is 10. The highest BCUT2D eigenvalue weighted by atomic mass is 35.5. The van der Waals surface area contributed by atoms with Gasteiger partial charge in [-0.3, -0.25) is 19.2 Å². The van der Waals surface area contributed by atoms with Crippen LogP contribution in [0, 0.1) is 24.2 Å². The summed E-state index contributed by atoms with van der Waals surface area (Å²) in [6.45, 7) is 15.2. The lowest BCUT2D eigenvalue weighted by Crippen LogP contribution is -2.51. The number of cyclic esters (lactones) is 2. The monoisotopic (exact) mass is 874 g/mol. The average Bonchev–Trinajstić information content (AvgIpc) is 3.16. The van der Waals surface area contributed by atoms with Crippen LogP contribution in [0.2, 0.25) is 5.02 Å². The molecule has 6 atom stereocenters. The van der Waals surface area contributed by atoms with Gasteiger partial charge in [-0.2, -0.15) is 0 Å². The number of aliphatic hydroxyl groups excluding tert-OH is 1. The summed E-state index contributed by atoms with van der Waals surface area (Å²) in [7, 11) is 0. The lowest BCUT2D eigenvalue weighted by atomic mass is 9.90. The highest BCUT2D eigenvalue weighted by Gasteiger charge is 2.38. The van der Waals surface area contributed by atoms with E-state index < -0.39 is 82.4 Å². The van der Waals surface area contributed by atoms with E-state index in [4.69, 9.17) is 37.4 Å². The molecule has 16 heteroatoms. The van der Waals surface area contributed by atoms with Crippen molar-refractivity contribution in [3.63, 3.8) is 0 Å². The number of alkyl halides is 1. The molecule has 6 unspecified atom stereocenters. The quantitative estimate of drug-likeness (QED) is 0.0993. The molecule has 1 heterocycles. The van der Waals surface area contributed by atoms with Crippen LogP contribution in [0.4, 0.5) is 4.79 Å². The van der Waals surface area contributed by atoms with Gasteiger partial charge in [0.25, 0.3) is 0 Å². The molecule has 0 aliphatic carbocycles. The number of carbonyl (C=O) groups excluding carboxylic acids is 6. The number of hydrogen-bond donors (Lipinski definition) is 5. The number of rotatable bonds is 12. The van der Waals surface area contributed by atoms with Gasteiger partial charge in [0, 0.05) is 36.9 Å². The van der Waals surface area contributed by atoms with Crippen molar-refractivity contribution in [2.24, 2.45) is 17.3 Å². The molecule has 0 saturated heterocycles. The molecule has 1 aliphatic rings. The molecule has 5 N–H and O–H groups in total. The van der Waals surface area contributed by atoms with Crippen LogP contribution in [-0.4, -0.2) is 83.9 Å². The number of amides is 4. The Balaban J connectivity index is 1.82. The lowest BCUT2D eigenvalue weighted by molar-refractivity contribution is -0.180. The number of aliphatic hydroxyl groups is 1. The Bertz CT molecular complexity index is 1860. The Kier molecular flexibility index (Phi) is 18.4. The summed E-state index contributed by atoms with van der Waals surface area (Å²) < 4.78 is 16.9. The number of halogens is 2. The molecule has 14 nitrogen and oxygen atoms in total. The zero-order valence-electron chi connectivity index (χ0n) is 35.9. The maximum Gasteiger partial charge on any atom is 0.408 e. The van der Waals surface area contributed by atoms with Crippen LogP contribution in [0.15, 0.2) is 54.6 Å². The number of ether oxygens (including phenoxy) is 3. The van der Waals surface area contributed by atoms with E-state index in [0.29, 0.717) is 16.1 Å². The zero-order valence-corrected chi connectivity index (χ0v) is 37.4. The van der Waals surface area contributed by atoms with Crippen LogP contribution in [0.3, 0.4) is 0 Å². The average molecular weight is 876 g/mol. The SMILES string of the molecule is Cc1ccc(CC2NC(=O)/C=C/CC(C(C)C(O)C(Cl)c3ccc(CNC(=O)CNC(=O)OC(C)(C)C)cc3)OC(=O)C(CC(C)C)OC(=O)C(C)(C)CNC2=O)cc1Cl. The summed E-state index contributed by atoms with van der Waals surface area (Å²) in [5.74, 6) is -4.02. The molecule has 2 aromatic carbocycles. The zero-order chi connectivity index (χ0) is 44.9. The molecular formula is C44H60Cl2N4O10. The van der Waals surface area contributed by atoms with Crippen molar-refractivity contribution in [2.75, 3.05) is 13.1 Å². The first-order valence-corrected chi connectivity index (χ1v) is 20.8. The first kappa shape index (κ1) is 49.7. The Morgan fingerprint density at radius 1 is 1.00 bits per heavy atom. The minimum atomic E-state index is -1.30. The summed E-state index contributed by atoms with van der Waals surface area (Å²) in [5.41, 5.74) is 0.843. The number of alkyl carbamates (subject to hydrolysis) is 1. The Morgan fingerprint density at radius 3 is 2.27 bits per heavy atom. The Hall–Kier alpha value is -4.66. The summed E-state index contributed by atoms with van der Waals surface area (Å²) >= 11 is 13.2. The summed E-state index contributed by atoms with van der Waals surface area (Å²) in [6, 6.07) is 11.2. The normalized spacial score (nSPS) is 21.3. The smallest absolute Gasteiger partial charge is 0.408 e. The third-order valence-electron chi connectivity index (χ3n) is 9.67. The van der Waals surface area contributed by atoms with Crippen LogP contribution in [0.25, 0.3) is 0 Å². The third kappa shape index (κ3) is 16.1. The molecule has 0 spiro atoms. The van der Waals surface area contributed by atoms with Gasteiger partial charge in [0.05, 0.1) is 16.9 Å². The van der Waals surface area contributed by atoms with Gasteiger partial charge < -0.3 is 40.6 Å². The van der Waals surface area contributed by atoms with Gasteiger partial charge in [-0.15, -0.1) is 11.6 Å². The van der Waals surface area contributed by atoms with Crippen molar-refractivity contribution in [1.82, 2.24) is 21.3 Å². The molecule has 2 aromatic rings. The van der Waals surface area contributed by atoms with Crippen LogP contribution in [-0.2, 0) is 51.1 Å². The molecule has 0 aromatic heterocycles. The van der Waals surface area contributed by atoms with Gasteiger partial charge in [-0.25, -0.2) is 9.59 Å².